The fraction of sp³-hybridized carbons (Fsp3) is 0.400. The highest BCUT2D eigenvalue weighted by Crippen LogP contribution is 2.44. The molecule has 1 fully saturated rings. The lowest BCUT2D eigenvalue weighted by Gasteiger charge is -2.12. The zero-order valence-corrected chi connectivity index (χ0v) is 9.02. The van der Waals surface area contributed by atoms with Crippen LogP contribution in [0.2, 0.25) is 0 Å². The van der Waals surface area contributed by atoms with Crippen LogP contribution in [0.4, 0.5) is 13.2 Å². The molecule has 0 aromatic heterocycles. The van der Waals surface area contributed by atoms with E-state index in [1.807, 2.05) is 0 Å². The van der Waals surface area contributed by atoms with Crippen LogP contribution in [0.15, 0.2) is 24.3 Å². The van der Waals surface area contributed by atoms with Gasteiger partial charge in [-0.2, -0.15) is 0 Å². The van der Waals surface area contributed by atoms with Crippen molar-refractivity contribution in [2.75, 3.05) is 0 Å². The number of hydrogen-bond acceptors (Lipinski definition) is 2. The first-order chi connectivity index (χ1) is 6.97. The summed E-state index contributed by atoms with van der Waals surface area (Å²) < 4.78 is 40.1. The normalized spacial score (nSPS) is 23.5. The molecule has 0 radical (unpaired) electrons. The van der Waals surface area contributed by atoms with Gasteiger partial charge in [0.15, 0.2) is 0 Å². The molecule has 1 aromatic rings. The van der Waals surface area contributed by atoms with Crippen LogP contribution >= 0.6 is 12.4 Å². The first-order valence-electron chi connectivity index (χ1n) is 4.57. The van der Waals surface area contributed by atoms with Gasteiger partial charge in [-0.25, -0.2) is 0 Å². The summed E-state index contributed by atoms with van der Waals surface area (Å²) in [5.74, 6) is -0.133. The van der Waals surface area contributed by atoms with Gasteiger partial charge in [0.2, 0.25) is 0 Å². The Bertz CT molecular complexity index is 369. The van der Waals surface area contributed by atoms with Crippen LogP contribution in [0.25, 0.3) is 0 Å². The van der Waals surface area contributed by atoms with Crippen molar-refractivity contribution in [2.45, 2.75) is 24.7 Å². The van der Waals surface area contributed by atoms with Crippen LogP contribution in [-0.2, 0) is 0 Å². The van der Waals surface area contributed by atoms with E-state index in [1.165, 1.54) is 12.1 Å². The van der Waals surface area contributed by atoms with Crippen molar-refractivity contribution in [3.63, 3.8) is 0 Å². The van der Waals surface area contributed by atoms with Gasteiger partial charge >= 0.3 is 6.36 Å². The molecule has 1 aliphatic carbocycles. The second-order valence-corrected chi connectivity index (χ2v) is 3.59. The van der Waals surface area contributed by atoms with Gasteiger partial charge in [-0.1, -0.05) is 18.2 Å². The number of rotatable bonds is 2. The molecule has 0 aliphatic heterocycles. The zero-order valence-electron chi connectivity index (χ0n) is 8.20. The van der Waals surface area contributed by atoms with Crippen molar-refractivity contribution in [3.8, 4) is 5.75 Å². The molecule has 1 aliphatic rings. The first-order valence-corrected chi connectivity index (χ1v) is 4.57. The summed E-state index contributed by atoms with van der Waals surface area (Å²) in [6.45, 7) is 0. The molecule has 1 aromatic carbocycles. The second kappa shape index (κ2) is 4.51. The molecule has 6 heteroatoms. The van der Waals surface area contributed by atoms with E-state index in [1.54, 1.807) is 12.1 Å². The molecular formula is C10H11ClF3NO. The summed E-state index contributed by atoms with van der Waals surface area (Å²) in [5, 5.41) is 0. The van der Waals surface area contributed by atoms with Gasteiger partial charge < -0.3 is 10.5 Å². The predicted molar refractivity (Wildman–Crippen MR) is 55.7 cm³/mol. The van der Waals surface area contributed by atoms with Crippen molar-refractivity contribution in [1.82, 2.24) is 0 Å². The molecule has 16 heavy (non-hydrogen) atoms. The molecule has 90 valence electrons. The highest BCUT2D eigenvalue weighted by atomic mass is 35.5. The summed E-state index contributed by atoms with van der Waals surface area (Å²) in [7, 11) is 0. The second-order valence-electron chi connectivity index (χ2n) is 3.59. The Balaban J connectivity index is 0.00000128. The number of alkyl halides is 3. The lowest BCUT2D eigenvalue weighted by molar-refractivity contribution is -0.274. The number of benzene rings is 1. The summed E-state index contributed by atoms with van der Waals surface area (Å²) in [6.07, 6.45) is -3.92. The molecule has 2 N–H and O–H groups in total. The molecule has 0 bridgehead atoms. The fourth-order valence-electron chi connectivity index (χ4n) is 1.58. The third-order valence-electron chi connectivity index (χ3n) is 2.38. The number of hydrogen-bond donors (Lipinski definition) is 1. The Labute approximate surface area is 97.0 Å². The van der Waals surface area contributed by atoms with Crippen LogP contribution in [0.1, 0.15) is 17.9 Å². The van der Waals surface area contributed by atoms with Crippen molar-refractivity contribution < 1.29 is 17.9 Å². The van der Waals surface area contributed by atoms with Crippen LogP contribution in [-0.4, -0.2) is 12.4 Å². The molecule has 2 atom stereocenters. The van der Waals surface area contributed by atoms with E-state index >= 15 is 0 Å². The molecule has 0 amide bonds. The Morgan fingerprint density at radius 1 is 1.25 bits per heavy atom. The first kappa shape index (κ1) is 13.1. The third-order valence-corrected chi connectivity index (χ3v) is 2.38. The maximum absolute atomic E-state index is 12.0. The van der Waals surface area contributed by atoms with Gasteiger partial charge in [-0.3, -0.25) is 0 Å². The van der Waals surface area contributed by atoms with Gasteiger partial charge in [-0.15, -0.1) is 25.6 Å². The quantitative estimate of drug-likeness (QED) is 0.880. The smallest absolute Gasteiger partial charge is 0.405 e. The van der Waals surface area contributed by atoms with E-state index in [0.717, 1.165) is 6.42 Å². The molecule has 1 saturated carbocycles. The zero-order chi connectivity index (χ0) is 11.1. The number of halogens is 4. The van der Waals surface area contributed by atoms with Crippen molar-refractivity contribution >= 4 is 12.4 Å². The molecule has 2 unspecified atom stereocenters. The average molecular weight is 254 g/mol. The maximum Gasteiger partial charge on any atom is 0.573 e. The minimum Gasteiger partial charge on any atom is -0.405 e. The molecule has 0 saturated heterocycles. The minimum atomic E-state index is -4.64. The fourth-order valence-corrected chi connectivity index (χ4v) is 1.58. The Morgan fingerprint density at radius 2 is 1.81 bits per heavy atom. The van der Waals surface area contributed by atoms with Crippen molar-refractivity contribution in [3.05, 3.63) is 29.8 Å². The van der Waals surface area contributed by atoms with Crippen LogP contribution < -0.4 is 10.5 Å². The highest BCUT2D eigenvalue weighted by Gasteiger charge is 2.39. The minimum absolute atomic E-state index is 0. The lowest BCUT2D eigenvalue weighted by Crippen LogP contribution is -2.18. The van der Waals surface area contributed by atoms with Gasteiger partial charge in [0, 0.05) is 12.0 Å². The SMILES string of the molecule is Cl.NC1CC1c1ccccc1OC(F)(F)F. The number of ether oxygens (including phenoxy) is 1. The molecular weight excluding hydrogens is 243 g/mol. The number of nitrogens with two attached hydrogens (primary N) is 1. The maximum atomic E-state index is 12.0. The molecule has 0 heterocycles. The van der Waals surface area contributed by atoms with Crippen LogP contribution in [0.5, 0.6) is 5.75 Å². The standard InChI is InChI=1S/C10H10F3NO.ClH/c11-10(12,13)15-9-4-2-1-3-6(9)7-5-8(7)14;/h1-4,7-8H,5,14H2;1H. The highest BCUT2D eigenvalue weighted by molar-refractivity contribution is 5.85. The predicted octanol–water partition coefficient (Wildman–Crippen LogP) is 2.82. The monoisotopic (exact) mass is 253 g/mol. The van der Waals surface area contributed by atoms with Gasteiger partial charge in [0.05, 0.1) is 0 Å². The van der Waals surface area contributed by atoms with Crippen LogP contribution in [0, 0.1) is 0 Å². The third kappa shape index (κ3) is 3.02. The summed E-state index contributed by atoms with van der Waals surface area (Å²) >= 11 is 0. The average Bonchev–Trinajstić information content (AvgIpc) is 2.80. The topological polar surface area (TPSA) is 35.2 Å². The van der Waals surface area contributed by atoms with Gasteiger partial charge in [-0.05, 0) is 18.1 Å². The number of para-hydroxylation sites is 1. The Morgan fingerprint density at radius 3 is 2.31 bits per heavy atom. The molecule has 2 nitrogen and oxygen atoms in total. The Kier molecular flexibility index (Phi) is 3.70. The Hall–Kier alpha value is -0.940. The largest absolute Gasteiger partial charge is 0.573 e. The van der Waals surface area contributed by atoms with Crippen LogP contribution in [0.3, 0.4) is 0 Å². The van der Waals surface area contributed by atoms with Crippen molar-refractivity contribution in [1.29, 1.82) is 0 Å². The van der Waals surface area contributed by atoms with Crippen molar-refractivity contribution in [2.24, 2.45) is 5.73 Å². The summed E-state index contributed by atoms with van der Waals surface area (Å²) in [6, 6.07) is 6.09. The van der Waals surface area contributed by atoms with E-state index < -0.39 is 6.36 Å². The molecule has 2 rings (SSSR count). The lowest BCUT2D eigenvalue weighted by atomic mass is 10.1. The van der Waals surface area contributed by atoms with Gasteiger partial charge in [0.1, 0.15) is 5.75 Å². The summed E-state index contributed by atoms with van der Waals surface area (Å²) in [4.78, 5) is 0. The van der Waals surface area contributed by atoms with E-state index in [-0.39, 0.29) is 30.1 Å². The van der Waals surface area contributed by atoms with E-state index in [2.05, 4.69) is 4.74 Å². The van der Waals surface area contributed by atoms with Gasteiger partial charge in [0.25, 0.3) is 0 Å². The molecule has 0 spiro atoms. The van der Waals surface area contributed by atoms with E-state index in [9.17, 15) is 13.2 Å². The van der Waals surface area contributed by atoms with E-state index in [4.69, 9.17) is 5.73 Å². The summed E-state index contributed by atoms with van der Waals surface area (Å²) in [5.41, 5.74) is 6.14. The van der Waals surface area contributed by atoms with E-state index in [0.29, 0.717) is 5.56 Å².